The fourth-order valence-electron chi connectivity index (χ4n) is 2.01. The van der Waals surface area contributed by atoms with Gasteiger partial charge in [-0.1, -0.05) is 46.0 Å². The number of hydrogen-bond donors (Lipinski definition) is 2. The van der Waals surface area contributed by atoms with Gasteiger partial charge in [0.15, 0.2) is 5.25 Å². The van der Waals surface area contributed by atoms with Gasteiger partial charge in [0, 0.05) is 6.42 Å². The van der Waals surface area contributed by atoms with Gasteiger partial charge in [-0.05, 0) is 6.42 Å². The quantitative estimate of drug-likeness (QED) is 0.146. The van der Waals surface area contributed by atoms with Gasteiger partial charge >= 0.3 is 63.3 Å². The number of unbranched alkanes of at least 4 members (excludes halogenated alkanes) is 5. The van der Waals surface area contributed by atoms with E-state index in [1.165, 1.54) is 6.42 Å². The molecule has 0 aliphatic rings. The third kappa shape index (κ3) is 14.2. The van der Waals surface area contributed by atoms with Crippen LogP contribution >= 0.6 is 0 Å². The summed E-state index contributed by atoms with van der Waals surface area (Å²) in [5.41, 5.74) is 0. The number of carbonyl (C=O) groups excluding carboxylic acids is 1. The molecule has 2 atom stereocenters. The van der Waals surface area contributed by atoms with E-state index >= 15 is 0 Å². The minimum atomic E-state index is -4.86. The number of carbonyl (C=O) groups is 2. The van der Waals surface area contributed by atoms with E-state index in [-0.39, 0.29) is 57.8 Å². The predicted molar refractivity (Wildman–Crippen MR) is 94.2 cm³/mol. The molecule has 0 spiro atoms. The van der Waals surface area contributed by atoms with Crippen LogP contribution in [0.15, 0.2) is 0 Å². The van der Waals surface area contributed by atoms with Crippen LogP contribution in [0.5, 0.6) is 0 Å². The molecule has 0 aromatic carbocycles. The predicted octanol–water partition coefficient (Wildman–Crippen LogP) is 1.73. The minimum absolute atomic E-state index is 0. The van der Waals surface area contributed by atoms with Crippen molar-refractivity contribution in [3.8, 4) is 0 Å². The molecule has 2 N–H and O–H groups in total. The average Bonchev–Trinajstić information content (AvgIpc) is 2.49. The van der Waals surface area contributed by atoms with Crippen molar-refractivity contribution in [3.63, 3.8) is 0 Å². The molecule has 8 nitrogen and oxygen atoms in total. The molecule has 0 amide bonds. The van der Waals surface area contributed by atoms with Gasteiger partial charge < -0.3 is 14.6 Å². The van der Waals surface area contributed by atoms with E-state index in [0.29, 0.717) is 6.61 Å². The Hall–Kier alpha value is 0.446. The summed E-state index contributed by atoms with van der Waals surface area (Å²) in [6.07, 6.45) is 4.63. The van der Waals surface area contributed by atoms with Crippen molar-refractivity contribution in [3.05, 3.63) is 0 Å². The average molecular weight is 409 g/mol. The molecule has 10 heteroatoms. The maximum absolute atomic E-state index is 11.8. The zero-order valence-corrected chi connectivity index (χ0v) is 15.1. The number of aliphatic carboxylic acids is 1. The molecule has 0 aromatic heterocycles. The number of ether oxygens (including phenoxy) is 2. The Morgan fingerprint density at radius 3 is 2.08 bits per heavy atom. The number of carboxylic acids is 1. The molecular weight excluding hydrogens is 379 g/mol. The molecule has 0 rings (SSSR count). The number of esters is 1. The Morgan fingerprint density at radius 2 is 1.60 bits per heavy atom. The monoisotopic (exact) mass is 408 g/mol. The molecule has 0 fully saturated rings. The van der Waals surface area contributed by atoms with Crippen LogP contribution in [0.2, 0.25) is 0 Å². The van der Waals surface area contributed by atoms with Crippen molar-refractivity contribution in [1.29, 1.82) is 0 Å². The third-order valence-electron chi connectivity index (χ3n) is 3.37. The summed E-state index contributed by atoms with van der Waals surface area (Å²) in [5.74, 6) is -2.86. The zero-order chi connectivity index (χ0) is 18.6. The maximum atomic E-state index is 11.8. The van der Waals surface area contributed by atoms with Crippen molar-refractivity contribution < 1.29 is 37.1 Å². The van der Waals surface area contributed by atoms with Gasteiger partial charge in [0.2, 0.25) is 6.29 Å². The van der Waals surface area contributed by atoms with Crippen molar-refractivity contribution in [1.82, 2.24) is 0 Å². The molecule has 0 bridgehead atoms. The second kappa shape index (κ2) is 15.5. The van der Waals surface area contributed by atoms with Gasteiger partial charge in [-0.15, -0.1) is 0 Å². The van der Waals surface area contributed by atoms with E-state index in [0.717, 1.165) is 32.1 Å². The van der Waals surface area contributed by atoms with Crippen LogP contribution < -0.4 is 0 Å². The fourth-order valence-corrected chi connectivity index (χ4v) is 2.66. The molecular formula is C15H29KO8S. The van der Waals surface area contributed by atoms with Crippen molar-refractivity contribution >= 4 is 73.4 Å². The first kappa shape index (κ1) is 27.7. The standard InChI is InChI=1S/C15H28O8S.K.H/c1-3-5-6-7-8-9-10-22-14(4-2)23-15(18)12(11-13(16)17)24(19,20)21;;/h12,14H,3-11H2,1-2H3,(H,16,17)(H,19,20,21);;. The van der Waals surface area contributed by atoms with E-state index in [1.54, 1.807) is 6.92 Å². The Kier molecular flexibility index (Phi) is 17.2. The Morgan fingerprint density at radius 1 is 1.04 bits per heavy atom. The van der Waals surface area contributed by atoms with Crippen LogP contribution in [-0.2, 0) is 29.2 Å². The van der Waals surface area contributed by atoms with E-state index in [4.69, 9.17) is 19.1 Å². The van der Waals surface area contributed by atoms with Gasteiger partial charge in [-0.25, -0.2) is 0 Å². The Bertz CT molecular complexity index is 480. The van der Waals surface area contributed by atoms with Crippen LogP contribution in [-0.4, -0.2) is 99.5 Å². The van der Waals surface area contributed by atoms with Crippen molar-refractivity contribution in [2.45, 2.75) is 76.8 Å². The van der Waals surface area contributed by atoms with E-state index < -0.39 is 40.0 Å². The van der Waals surface area contributed by atoms with Gasteiger partial charge in [0.1, 0.15) is 0 Å². The van der Waals surface area contributed by atoms with Crippen LogP contribution in [0.25, 0.3) is 0 Å². The molecule has 0 aliphatic heterocycles. The van der Waals surface area contributed by atoms with Crippen LogP contribution in [0.1, 0.15) is 65.2 Å². The van der Waals surface area contributed by atoms with Gasteiger partial charge in [-0.3, -0.25) is 14.1 Å². The Balaban J connectivity index is 0. The second-order valence-electron chi connectivity index (χ2n) is 5.51. The normalized spacial score (nSPS) is 13.6. The number of carboxylic acid groups (broad SMARTS) is 1. The molecule has 0 aromatic rings. The van der Waals surface area contributed by atoms with Crippen molar-refractivity contribution in [2.75, 3.05) is 6.61 Å². The molecule has 0 radical (unpaired) electrons. The molecule has 25 heavy (non-hydrogen) atoms. The molecule has 0 aliphatic carbocycles. The van der Waals surface area contributed by atoms with Gasteiger partial charge in [-0.2, -0.15) is 8.42 Å². The zero-order valence-electron chi connectivity index (χ0n) is 14.3. The van der Waals surface area contributed by atoms with Gasteiger partial charge in [0.25, 0.3) is 10.1 Å². The van der Waals surface area contributed by atoms with E-state index in [2.05, 4.69) is 6.92 Å². The first-order valence-electron chi connectivity index (χ1n) is 8.22. The summed E-state index contributed by atoms with van der Waals surface area (Å²) >= 11 is 0. The van der Waals surface area contributed by atoms with Crippen LogP contribution in [0, 0.1) is 0 Å². The van der Waals surface area contributed by atoms with E-state index in [1.807, 2.05) is 0 Å². The SMILES string of the molecule is CCCCCCCCOC(CC)OC(=O)C(CC(=O)O)S(=O)(=O)O.[KH]. The summed E-state index contributed by atoms with van der Waals surface area (Å²) < 4.78 is 41.4. The first-order chi connectivity index (χ1) is 11.2. The van der Waals surface area contributed by atoms with Crippen molar-refractivity contribution in [2.24, 2.45) is 0 Å². The number of rotatable bonds is 14. The molecule has 144 valence electrons. The second-order valence-corrected chi connectivity index (χ2v) is 7.11. The molecule has 0 saturated heterocycles. The summed E-state index contributed by atoms with van der Waals surface area (Å²) in [7, 11) is -4.86. The molecule has 0 heterocycles. The van der Waals surface area contributed by atoms with Gasteiger partial charge in [0.05, 0.1) is 13.0 Å². The van der Waals surface area contributed by atoms with Crippen LogP contribution in [0.3, 0.4) is 0 Å². The summed E-state index contributed by atoms with van der Waals surface area (Å²) in [6, 6.07) is 0. The van der Waals surface area contributed by atoms with E-state index in [9.17, 15) is 18.0 Å². The summed E-state index contributed by atoms with van der Waals surface area (Å²) in [5, 5.41) is 6.48. The fraction of sp³-hybridized carbons (Fsp3) is 0.867. The summed E-state index contributed by atoms with van der Waals surface area (Å²) in [6.45, 7) is 4.17. The Labute approximate surface area is 192 Å². The summed E-state index contributed by atoms with van der Waals surface area (Å²) in [4.78, 5) is 22.4. The molecule has 0 saturated carbocycles. The van der Waals surface area contributed by atoms with Crippen LogP contribution in [0.4, 0.5) is 0 Å². The topological polar surface area (TPSA) is 127 Å². The third-order valence-corrected chi connectivity index (χ3v) is 4.44. The molecule has 2 unspecified atom stereocenters. The first-order valence-corrected chi connectivity index (χ1v) is 9.72. The number of hydrogen-bond acceptors (Lipinski definition) is 6.